The third kappa shape index (κ3) is 4.40. The summed E-state index contributed by atoms with van der Waals surface area (Å²) < 4.78 is 11.3. The van der Waals surface area contributed by atoms with Gasteiger partial charge in [-0.2, -0.15) is 0 Å². The second-order valence-electron chi connectivity index (χ2n) is 4.38. The summed E-state index contributed by atoms with van der Waals surface area (Å²) in [5.74, 6) is 1.36. The van der Waals surface area contributed by atoms with E-state index >= 15 is 0 Å². The SMILES string of the molecule is CCCOc1ccc(C=O)c(OC(C)CCC)c1. The lowest BCUT2D eigenvalue weighted by Gasteiger charge is -2.16. The number of rotatable bonds is 8. The maximum atomic E-state index is 11.0. The molecule has 0 bridgehead atoms. The minimum atomic E-state index is 0.107. The lowest BCUT2D eigenvalue weighted by atomic mass is 10.2. The van der Waals surface area contributed by atoms with Gasteiger partial charge in [-0.1, -0.05) is 20.3 Å². The van der Waals surface area contributed by atoms with Crippen LogP contribution in [0.3, 0.4) is 0 Å². The molecular formula is C15H22O3. The van der Waals surface area contributed by atoms with E-state index in [0.717, 1.165) is 31.3 Å². The molecule has 0 amide bonds. The summed E-state index contributed by atoms with van der Waals surface area (Å²) >= 11 is 0. The average molecular weight is 250 g/mol. The molecule has 1 rings (SSSR count). The van der Waals surface area contributed by atoms with Crippen LogP contribution < -0.4 is 9.47 Å². The first kappa shape index (κ1) is 14.6. The Kier molecular flexibility index (Phi) is 6.26. The number of benzene rings is 1. The van der Waals surface area contributed by atoms with Gasteiger partial charge in [0, 0.05) is 6.07 Å². The van der Waals surface area contributed by atoms with Crippen molar-refractivity contribution in [3.8, 4) is 11.5 Å². The van der Waals surface area contributed by atoms with E-state index in [4.69, 9.17) is 9.47 Å². The predicted molar refractivity (Wildman–Crippen MR) is 72.6 cm³/mol. The molecule has 1 aromatic rings. The number of carbonyl (C=O) groups is 1. The molecule has 3 heteroatoms. The zero-order chi connectivity index (χ0) is 13.4. The van der Waals surface area contributed by atoms with Crippen LogP contribution in [0.1, 0.15) is 50.4 Å². The smallest absolute Gasteiger partial charge is 0.153 e. The van der Waals surface area contributed by atoms with Crippen LogP contribution in [0.5, 0.6) is 11.5 Å². The summed E-state index contributed by atoms with van der Waals surface area (Å²) in [6, 6.07) is 5.34. The summed E-state index contributed by atoms with van der Waals surface area (Å²) in [7, 11) is 0. The van der Waals surface area contributed by atoms with Crippen LogP contribution >= 0.6 is 0 Å². The maximum Gasteiger partial charge on any atom is 0.153 e. The Morgan fingerprint density at radius 3 is 2.67 bits per heavy atom. The molecule has 3 nitrogen and oxygen atoms in total. The molecule has 0 aromatic heterocycles. The fourth-order valence-corrected chi connectivity index (χ4v) is 1.71. The van der Waals surface area contributed by atoms with E-state index in [0.29, 0.717) is 17.9 Å². The molecule has 0 aliphatic heterocycles. The highest BCUT2D eigenvalue weighted by Crippen LogP contribution is 2.25. The maximum absolute atomic E-state index is 11.0. The highest BCUT2D eigenvalue weighted by Gasteiger charge is 2.09. The number of hydrogen-bond donors (Lipinski definition) is 0. The lowest BCUT2D eigenvalue weighted by molar-refractivity contribution is 0.111. The molecule has 0 spiro atoms. The molecule has 0 fully saturated rings. The molecule has 1 atom stereocenters. The highest BCUT2D eigenvalue weighted by atomic mass is 16.5. The van der Waals surface area contributed by atoms with Gasteiger partial charge in [0.15, 0.2) is 6.29 Å². The van der Waals surface area contributed by atoms with E-state index in [2.05, 4.69) is 13.8 Å². The highest BCUT2D eigenvalue weighted by molar-refractivity contribution is 5.79. The minimum Gasteiger partial charge on any atom is -0.493 e. The Morgan fingerprint density at radius 2 is 2.06 bits per heavy atom. The molecule has 0 saturated heterocycles. The molecule has 1 unspecified atom stereocenters. The Bertz CT molecular complexity index is 374. The molecule has 0 radical (unpaired) electrons. The summed E-state index contributed by atoms with van der Waals surface area (Å²) in [6.45, 7) is 6.85. The second kappa shape index (κ2) is 7.75. The largest absolute Gasteiger partial charge is 0.493 e. The van der Waals surface area contributed by atoms with Crippen molar-refractivity contribution in [3.63, 3.8) is 0 Å². The fourth-order valence-electron chi connectivity index (χ4n) is 1.71. The Labute approximate surface area is 109 Å². The van der Waals surface area contributed by atoms with Gasteiger partial charge in [0.2, 0.25) is 0 Å². The molecule has 0 aliphatic rings. The first-order chi connectivity index (χ1) is 8.71. The van der Waals surface area contributed by atoms with Gasteiger partial charge in [-0.15, -0.1) is 0 Å². The molecule has 0 heterocycles. The van der Waals surface area contributed by atoms with Gasteiger partial charge in [0.25, 0.3) is 0 Å². The van der Waals surface area contributed by atoms with Crippen LogP contribution in [0.25, 0.3) is 0 Å². The topological polar surface area (TPSA) is 35.5 Å². The molecular weight excluding hydrogens is 228 g/mol. The van der Waals surface area contributed by atoms with Crippen molar-refractivity contribution in [3.05, 3.63) is 23.8 Å². The van der Waals surface area contributed by atoms with Crippen LogP contribution in [0.2, 0.25) is 0 Å². The van der Waals surface area contributed by atoms with E-state index in [9.17, 15) is 4.79 Å². The second-order valence-corrected chi connectivity index (χ2v) is 4.38. The van der Waals surface area contributed by atoms with Crippen molar-refractivity contribution in [2.75, 3.05) is 6.61 Å². The molecule has 0 aliphatic carbocycles. The van der Waals surface area contributed by atoms with Crippen LogP contribution in [0.15, 0.2) is 18.2 Å². The van der Waals surface area contributed by atoms with E-state index in [1.54, 1.807) is 18.2 Å². The predicted octanol–water partition coefficient (Wildman–Crippen LogP) is 3.86. The third-order valence-corrected chi connectivity index (χ3v) is 2.61. The summed E-state index contributed by atoms with van der Waals surface area (Å²) in [5.41, 5.74) is 0.571. The first-order valence-corrected chi connectivity index (χ1v) is 6.59. The zero-order valence-electron chi connectivity index (χ0n) is 11.4. The fraction of sp³-hybridized carbons (Fsp3) is 0.533. The van der Waals surface area contributed by atoms with Crippen LogP contribution in [0.4, 0.5) is 0 Å². The summed E-state index contributed by atoms with van der Waals surface area (Å²) in [4.78, 5) is 11.0. The molecule has 100 valence electrons. The van der Waals surface area contributed by atoms with Gasteiger partial charge in [-0.3, -0.25) is 4.79 Å². The van der Waals surface area contributed by atoms with E-state index in [-0.39, 0.29) is 6.10 Å². The number of carbonyl (C=O) groups excluding carboxylic acids is 1. The van der Waals surface area contributed by atoms with Crippen molar-refractivity contribution in [1.82, 2.24) is 0 Å². The number of hydrogen-bond acceptors (Lipinski definition) is 3. The molecule has 1 aromatic carbocycles. The Morgan fingerprint density at radius 1 is 1.28 bits per heavy atom. The summed E-state index contributed by atoms with van der Waals surface area (Å²) in [5, 5.41) is 0. The van der Waals surface area contributed by atoms with E-state index in [1.165, 1.54) is 0 Å². The Balaban J connectivity index is 2.81. The Hall–Kier alpha value is -1.51. The van der Waals surface area contributed by atoms with Gasteiger partial charge in [0.1, 0.15) is 11.5 Å². The molecule has 0 N–H and O–H groups in total. The third-order valence-electron chi connectivity index (χ3n) is 2.61. The van der Waals surface area contributed by atoms with Crippen molar-refractivity contribution in [1.29, 1.82) is 0 Å². The lowest BCUT2D eigenvalue weighted by Crippen LogP contribution is -2.12. The zero-order valence-corrected chi connectivity index (χ0v) is 11.4. The van der Waals surface area contributed by atoms with Gasteiger partial charge >= 0.3 is 0 Å². The van der Waals surface area contributed by atoms with Crippen molar-refractivity contribution in [2.24, 2.45) is 0 Å². The van der Waals surface area contributed by atoms with Gasteiger partial charge in [-0.25, -0.2) is 0 Å². The number of aldehydes is 1. The molecule has 18 heavy (non-hydrogen) atoms. The summed E-state index contributed by atoms with van der Waals surface area (Å²) in [6.07, 6.45) is 3.91. The molecule has 0 saturated carbocycles. The van der Waals surface area contributed by atoms with E-state index < -0.39 is 0 Å². The standard InChI is InChI=1S/C15H22O3/c1-4-6-12(3)18-15-10-14(17-9-5-2)8-7-13(15)11-16/h7-8,10-12H,4-6,9H2,1-3H3. The quantitative estimate of drug-likeness (QED) is 0.657. The monoisotopic (exact) mass is 250 g/mol. The van der Waals surface area contributed by atoms with Crippen LogP contribution in [0, 0.1) is 0 Å². The van der Waals surface area contributed by atoms with E-state index in [1.807, 2.05) is 6.92 Å². The minimum absolute atomic E-state index is 0.107. The average Bonchev–Trinajstić information content (AvgIpc) is 2.37. The van der Waals surface area contributed by atoms with Crippen LogP contribution in [-0.2, 0) is 0 Å². The van der Waals surface area contributed by atoms with Crippen molar-refractivity contribution < 1.29 is 14.3 Å². The first-order valence-electron chi connectivity index (χ1n) is 6.59. The van der Waals surface area contributed by atoms with Gasteiger partial charge < -0.3 is 9.47 Å². The normalized spacial score (nSPS) is 11.9. The number of ether oxygens (including phenoxy) is 2. The van der Waals surface area contributed by atoms with Crippen LogP contribution in [-0.4, -0.2) is 19.0 Å². The van der Waals surface area contributed by atoms with Gasteiger partial charge in [0.05, 0.1) is 18.3 Å². The van der Waals surface area contributed by atoms with Gasteiger partial charge in [-0.05, 0) is 31.9 Å². The van der Waals surface area contributed by atoms with Crippen molar-refractivity contribution >= 4 is 6.29 Å². The van der Waals surface area contributed by atoms with Crippen molar-refractivity contribution in [2.45, 2.75) is 46.1 Å².